The summed E-state index contributed by atoms with van der Waals surface area (Å²) in [6.45, 7) is 5.25. The molecule has 0 aliphatic rings. The Hall–Kier alpha value is -0.240. The third-order valence-corrected chi connectivity index (χ3v) is 1.30. The molecule has 8 heavy (non-hydrogen) atoms. The largest absolute Gasteiger partial charge is 0.294 e. The van der Waals surface area contributed by atoms with E-state index in [0.29, 0.717) is 11.3 Å². The van der Waals surface area contributed by atoms with Gasteiger partial charge in [-0.1, -0.05) is 6.58 Å². The molecule has 2 heteroatoms. The van der Waals surface area contributed by atoms with Gasteiger partial charge < -0.3 is 0 Å². The normalized spacial score (nSPS) is 8.75. The second-order valence-electron chi connectivity index (χ2n) is 1.64. The molecule has 0 bridgehead atoms. The van der Waals surface area contributed by atoms with Crippen molar-refractivity contribution in [2.45, 2.75) is 6.92 Å². The lowest BCUT2D eigenvalue weighted by Gasteiger charge is -1.91. The lowest BCUT2D eigenvalue weighted by molar-refractivity contribution is -0.113. The summed E-state index contributed by atoms with van der Waals surface area (Å²) in [5.74, 6) is 0.715. The predicted octanol–water partition coefficient (Wildman–Crippen LogP) is 1.49. The number of rotatable bonds is 3. The summed E-state index contributed by atoms with van der Waals surface area (Å²) < 4.78 is 0. The van der Waals surface area contributed by atoms with Gasteiger partial charge in [0.05, 0.1) is 5.75 Å². The summed E-state index contributed by atoms with van der Waals surface area (Å²) in [6.07, 6.45) is 1.90. The maximum Gasteiger partial charge on any atom is 0.167 e. The van der Waals surface area contributed by atoms with Crippen LogP contribution in [0.2, 0.25) is 0 Å². The molecule has 0 aliphatic heterocycles. The fourth-order valence-corrected chi connectivity index (χ4v) is 0.763. The van der Waals surface area contributed by atoms with E-state index in [0.717, 1.165) is 0 Å². The Balaban J connectivity index is 3.49. The minimum absolute atomic E-state index is 0.150. The van der Waals surface area contributed by atoms with Gasteiger partial charge in [-0.15, -0.1) is 0 Å². The number of allylic oxidation sites excluding steroid dienone is 1. The summed E-state index contributed by atoms with van der Waals surface area (Å²) in [7, 11) is 0. The maximum absolute atomic E-state index is 10.6. The van der Waals surface area contributed by atoms with E-state index >= 15 is 0 Å². The first-order valence-corrected chi connectivity index (χ1v) is 3.75. The van der Waals surface area contributed by atoms with Crippen molar-refractivity contribution in [3.8, 4) is 0 Å². The van der Waals surface area contributed by atoms with Crippen LogP contribution in [0.4, 0.5) is 0 Å². The standard InChI is InChI=1S/C6H10OS/c1-5(2)6(7)4-8-3/h1,4H2,2-3H3. The van der Waals surface area contributed by atoms with E-state index in [-0.39, 0.29) is 5.78 Å². The second-order valence-corrected chi connectivity index (χ2v) is 2.50. The first-order chi connectivity index (χ1) is 3.68. The zero-order valence-corrected chi connectivity index (χ0v) is 6.05. The zero-order chi connectivity index (χ0) is 6.57. The fourth-order valence-electron chi connectivity index (χ4n) is 0.254. The molecule has 0 N–H and O–H groups in total. The van der Waals surface area contributed by atoms with E-state index in [1.54, 1.807) is 6.92 Å². The van der Waals surface area contributed by atoms with Gasteiger partial charge in [0.1, 0.15) is 0 Å². The van der Waals surface area contributed by atoms with E-state index in [1.165, 1.54) is 11.8 Å². The molecule has 0 atom stereocenters. The Morgan fingerprint density at radius 3 is 2.38 bits per heavy atom. The third kappa shape index (κ3) is 2.86. The molecule has 0 aliphatic carbocycles. The molecule has 0 aromatic rings. The molecule has 0 rings (SSSR count). The van der Waals surface area contributed by atoms with Crippen LogP contribution in [-0.4, -0.2) is 17.8 Å². The minimum atomic E-state index is 0.150. The van der Waals surface area contributed by atoms with Crippen LogP contribution < -0.4 is 0 Å². The average molecular weight is 130 g/mol. The molecule has 0 aromatic carbocycles. The zero-order valence-electron chi connectivity index (χ0n) is 5.23. The number of hydrogen-bond acceptors (Lipinski definition) is 2. The van der Waals surface area contributed by atoms with Crippen molar-refractivity contribution in [1.82, 2.24) is 0 Å². The highest BCUT2D eigenvalue weighted by atomic mass is 32.2. The highest BCUT2D eigenvalue weighted by Gasteiger charge is 1.97. The van der Waals surface area contributed by atoms with Gasteiger partial charge in [-0.25, -0.2) is 0 Å². The first kappa shape index (κ1) is 7.76. The molecule has 0 aromatic heterocycles. The molecule has 0 saturated carbocycles. The van der Waals surface area contributed by atoms with Crippen molar-refractivity contribution >= 4 is 17.5 Å². The monoisotopic (exact) mass is 130 g/mol. The summed E-state index contributed by atoms with van der Waals surface area (Å²) in [4.78, 5) is 10.6. The van der Waals surface area contributed by atoms with Crippen molar-refractivity contribution in [3.63, 3.8) is 0 Å². The topological polar surface area (TPSA) is 17.1 Å². The van der Waals surface area contributed by atoms with Gasteiger partial charge in [0, 0.05) is 0 Å². The van der Waals surface area contributed by atoms with Crippen LogP contribution in [0, 0.1) is 0 Å². The van der Waals surface area contributed by atoms with Crippen molar-refractivity contribution in [3.05, 3.63) is 12.2 Å². The van der Waals surface area contributed by atoms with Crippen molar-refractivity contribution < 1.29 is 4.79 Å². The summed E-state index contributed by atoms with van der Waals surface area (Å²) in [6, 6.07) is 0. The van der Waals surface area contributed by atoms with E-state index in [1.807, 2.05) is 6.26 Å². The molecular weight excluding hydrogens is 120 g/mol. The van der Waals surface area contributed by atoms with E-state index in [2.05, 4.69) is 6.58 Å². The lowest BCUT2D eigenvalue weighted by Crippen LogP contribution is -2.00. The SMILES string of the molecule is C=C(C)C(=O)CSC. The molecule has 0 heterocycles. The van der Waals surface area contributed by atoms with Gasteiger partial charge >= 0.3 is 0 Å². The van der Waals surface area contributed by atoms with E-state index in [4.69, 9.17) is 0 Å². The van der Waals surface area contributed by atoms with Crippen LogP contribution in [0.25, 0.3) is 0 Å². The van der Waals surface area contributed by atoms with Crippen molar-refractivity contribution in [2.75, 3.05) is 12.0 Å². The Morgan fingerprint density at radius 2 is 2.25 bits per heavy atom. The van der Waals surface area contributed by atoms with Crippen LogP contribution >= 0.6 is 11.8 Å². The first-order valence-electron chi connectivity index (χ1n) is 2.36. The van der Waals surface area contributed by atoms with Gasteiger partial charge in [0.15, 0.2) is 5.78 Å². The highest BCUT2D eigenvalue weighted by Crippen LogP contribution is 1.97. The second kappa shape index (κ2) is 3.72. The van der Waals surface area contributed by atoms with Crippen LogP contribution in [0.3, 0.4) is 0 Å². The molecule has 0 radical (unpaired) electrons. The summed E-state index contributed by atoms with van der Waals surface area (Å²) in [5, 5.41) is 0. The Labute approximate surface area is 54.2 Å². The molecular formula is C6H10OS. The van der Waals surface area contributed by atoms with Gasteiger partial charge in [-0.3, -0.25) is 4.79 Å². The van der Waals surface area contributed by atoms with Crippen molar-refractivity contribution in [1.29, 1.82) is 0 Å². The van der Waals surface area contributed by atoms with Crippen LogP contribution in [0.15, 0.2) is 12.2 Å². The summed E-state index contributed by atoms with van der Waals surface area (Å²) in [5.41, 5.74) is 0.652. The fraction of sp³-hybridized carbons (Fsp3) is 0.500. The molecule has 0 spiro atoms. The third-order valence-electron chi connectivity index (χ3n) is 0.751. The smallest absolute Gasteiger partial charge is 0.167 e. The molecule has 0 unspecified atom stereocenters. The van der Waals surface area contributed by atoms with E-state index in [9.17, 15) is 4.79 Å². The van der Waals surface area contributed by atoms with Crippen LogP contribution in [0.1, 0.15) is 6.92 Å². The lowest BCUT2D eigenvalue weighted by atomic mass is 10.2. The molecule has 46 valence electrons. The Kier molecular flexibility index (Phi) is 3.61. The van der Waals surface area contributed by atoms with Crippen molar-refractivity contribution in [2.24, 2.45) is 0 Å². The summed E-state index contributed by atoms with van der Waals surface area (Å²) >= 11 is 1.53. The minimum Gasteiger partial charge on any atom is -0.294 e. The number of Topliss-reactive ketones (excluding diaryl/α,β-unsaturated/α-hetero) is 1. The highest BCUT2D eigenvalue weighted by molar-refractivity contribution is 7.99. The van der Waals surface area contributed by atoms with Gasteiger partial charge in [-0.05, 0) is 18.8 Å². The quantitative estimate of drug-likeness (QED) is 0.538. The Morgan fingerprint density at radius 1 is 1.75 bits per heavy atom. The molecule has 1 nitrogen and oxygen atoms in total. The maximum atomic E-state index is 10.6. The molecule has 0 fully saturated rings. The molecule has 0 saturated heterocycles. The van der Waals surface area contributed by atoms with E-state index < -0.39 is 0 Å². The van der Waals surface area contributed by atoms with Gasteiger partial charge in [0.25, 0.3) is 0 Å². The number of carbonyl (C=O) groups excluding carboxylic acids is 1. The van der Waals surface area contributed by atoms with Gasteiger partial charge in [-0.2, -0.15) is 11.8 Å². The number of ketones is 1. The molecule has 0 amide bonds. The number of thioether (sulfide) groups is 1. The van der Waals surface area contributed by atoms with Crippen LogP contribution in [0.5, 0.6) is 0 Å². The van der Waals surface area contributed by atoms with Gasteiger partial charge in [0.2, 0.25) is 0 Å². The Bertz CT molecular complexity index is 107. The average Bonchev–Trinajstić information content (AvgIpc) is 1.67. The van der Waals surface area contributed by atoms with Crippen LogP contribution in [-0.2, 0) is 4.79 Å². The number of hydrogen-bond donors (Lipinski definition) is 0. The number of carbonyl (C=O) groups is 1. The predicted molar refractivity (Wildman–Crippen MR) is 38.2 cm³/mol.